The minimum absolute atomic E-state index is 0.0615. The van der Waals surface area contributed by atoms with Gasteiger partial charge in [-0.1, -0.05) is 24.3 Å². The van der Waals surface area contributed by atoms with Crippen molar-refractivity contribution < 1.29 is 14.3 Å². The van der Waals surface area contributed by atoms with Crippen LogP contribution in [0.5, 0.6) is 0 Å². The number of benzene rings is 2. The van der Waals surface area contributed by atoms with Crippen LogP contribution in [0.3, 0.4) is 0 Å². The van der Waals surface area contributed by atoms with Gasteiger partial charge < -0.3 is 14.5 Å². The van der Waals surface area contributed by atoms with Crippen LogP contribution in [0, 0.1) is 11.3 Å². The zero-order valence-electron chi connectivity index (χ0n) is 17.7. The van der Waals surface area contributed by atoms with Crippen molar-refractivity contribution in [2.24, 2.45) is 0 Å². The summed E-state index contributed by atoms with van der Waals surface area (Å²) >= 11 is 0. The van der Waals surface area contributed by atoms with Crippen molar-refractivity contribution in [3.05, 3.63) is 89.5 Å². The Morgan fingerprint density at radius 3 is 2.22 bits per heavy atom. The summed E-state index contributed by atoms with van der Waals surface area (Å²) in [6, 6.07) is 18.3. The van der Waals surface area contributed by atoms with Gasteiger partial charge in [-0.05, 0) is 35.9 Å². The summed E-state index contributed by atoms with van der Waals surface area (Å²) in [6.07, 6.45) is 3.56. The van der Waals surface area contributed by atoms with E-state index in [-0.39, 0.29) is 5.57 Å². The predicted octanol–water partition coefficient (Wildman–Crippen LogP) is 2.98. The van der Waals surface area contributed by atoms with Gasteiger partial charge in [0.1, 0.15) is 17.5 Å². The van der Waals surface area contributed by atoms with Crippen molar-refractivity contribution in [2.75, 3.05) is 30.5 Å². The number of hydrogen-bond donors (Lipinski definition) is 0. The monoisotopic (exact) mass is 427 g/mol. The van der Waals surface area contributed by atoms with Crippen LogP contribution in [0.15, 0.2) is 78.4 Å². The molecule has 0 amide bonds. The Bertz CT molecular complexity index is 1190. The highest BCUT2D eigenvalue weighted by Gasteiger charge is 2.31. The lowest BCUT2D eigenvalue weighted by Gasteiger charge is -2.19. The van der Waals surface area contributed by atoms with Gasteiger partial charge in [-0.3, -0.25) is 9.48 Å². The Morgan fingerprint density at radius 1 is 1.00 bits per heavy atom. The predicted molar refractivity (Wildman–Crippen MR) is 119 cm³/mol. The van der Waals surface area contributed by atoms with Crippen LogP contribution >= 0.6 is 0 Å². The molecule has 2 aromatic carbocycles. The molecular weight excluding hydrogens is 406 g/mol. The van der Waals surface area contributed by atoms with E-state index in [1.807, 2.05) is 54.7 Å². The third-order valence-corrected chi connectivity index (χ3v) is 5.28. The second kappa shape index (κ2) is 8.78. The third-order valence-electron chi connectivity index (χ3n) is 5.28. The van der Waals surface area contributed by atoms with Crippen LogP contribution in [0.4, 0.5) is 11.4 Å². The van der Waals surface area contributed by atoms with E-state index in [1.165, 1.54) is 0 Å². The first-order valence-corrected chi connectivity index (χ1v) is 9.97. The number of nitrogens with zero attached hydrogens (tertiary/aromatic N) is 5. The van der Waals surface area contributed by atoms with Gasteiger partial charge in [0.2, 0.25) is 5.78 Å². The molecule has 0 bridgehead atoms. The molecule has 0 radical (unpaired) electrons. The van der Waals surface area contributed by atoms with Gasteiger partial charge in [-0.25, -0.2) is 4.79 Å². The summed E-state index contributed by atoms with van der Waals surface area (Å²) in [5.74, 6) is -0.724. The van der Waals surface area contributed by atoms with E-state index < -0.39 is 18.4 Å². The quantitative estimate of drug-likeness (QED) is 0.339. The smallest absolute Gasteiger partial charge is 0.338 e. The van der Waals surface area contributed by atoms with Crippen LogP contribution < -0.4 is 9.80 Å². The van der Waals surface area contributed by atoms with Gasteiger partial charge in [0.15, 0.2) is 6.61 Å². The number of fused-ring (bicyclic) bond motifs is 1. The Labute approximate surface area is 185 Å². The molecule has 32 heavy (non-hydrogen) atoms. The Morgan fingerprint density at radius 2 is 1.66 bits per heavy atom. The summed E-state index contributed by atoms with van der Waals surface area (Å²) in [6.45, 7) is 0.0711. The molecule has 8 nitrogen and oxygen atoms in total. The first-order chi connectivity index (χ1) is 15.5. The number of hydrogen-bond acceptors (Lipinski definition) is 7. The highest BCUT2D eigenvalue weighted by atomic mass is 16.5. The Kier molecular flexibility index (Phi) is 5.73. The lowest BCUT2D eigenvalue weighted by Crippen LogP contribution is -2.27. The molecule has 1 aliphatic heterocycles. The summed E-state index contributed by atoms with van der Waals surface area (Å²) in [5.41, 5.74) is 3.02. The van der Waals surface area contributed by atoms with Crippen molar-refractivity contribution >= 4 is 23.1 Å². The van der Waals surface area contributed by atoms with Crippen LogP contribution in [0.1, 0.15) is 15.9 Å². The number of esters is 1. The van der Waals surface area contributed by atoms with Gasteiger partial charge in [-0.2, -0.15) is 10.4 Å². The second-order valence-corrected chi connectivity index (χ2v) is 7.32. The zero-order valence-corrected chi connectivity index (χ0v) is 17.7. The van der Waals surface area contributed by atoms with Crippen LogP contribution in [0.25, 0.3) is 0 Å². The number of ether oxygens (including phenoxy) is 1. The van der Waals surface area contributed by atoms with E-state index in [2.05, 4.69) is 5.10 Å². The molecular formula is C24H21N5O3. The number of carbonyl (C=O) groups excluding carboxylic acids is 2. The normalized spacial score (nSPS) is 12.3. The van der Waals surface area contributed by atoms with E-state index in [0.29, 0.717) is 17.9 Å². The lowest BCUT2D eigenvalue weighted by atomic mass is 10.1. The molecule has 4 rings (SSSR count). The third kappa shape index (κ3) is 3.96. The molecule has 0 N–H and O–H groups in total. The van der Waals surface area contributed by atoms with E-state index in [4.69, 9.17) is 4.74 Å². The highest BCUT2D eigenvalue weighted by Crippen LogP contribution is 2.40. The molecule has 0 saturated carbocycles. The number of carbonyl (C=O) groups is 2. The maximum Gasteiger partial charge on any atom is 0.338 e. The molecule has 3 aromatic rings. The average molecular weight is 427 g/mol. The minimum Gasteiger partial charge on any atom is -0.454 e. The fourth-order valence-corrected chi connectivity index (χ4v) is 3.67. The van der Waals surface area contributed by atoms with Crippen molar-refractivity contribution in [1.82, 2.24) is 9.78 Å². The topological polar surface area (TPSA) is 91.5 Å². The van der Waals surface area contributed by atoms with Gasteiger partial charge in [0.25, 0.3) is 0 Å². The van der Waals surface area contributed by atoms with E-state index >= 15 is 0 Å². The SMILES string of the molecule is CN1C(=C(C#N)C(=O)COC(=O)c2ccc(Cn3cccn3)cc2)N(C)c2ccccc21. The van der Waals surface area contributed by atoms with Gasteiger partial charge in [0.05, 0.1) is 23.5 Å². The van der Waals surface area contributed by atoms with Crippen molar-refractivity contribution in [2.45, 2.75) is 6.54 Å². The highest BCUT2D eigenvalue weighted by molar-refractivity contribution is 6.04. The molecule has 8 heteroatoms. The fourth-order valence-electron chi connectivity index (χ4n) is 3.67. The molecule has 0 unspecified atom stereocenters. The molecule has 1 aliphatic rings. The number of para-hydroxylation sites is 2. The van der Waals surface area contributed by atoms with E-state index in [1.54, 1.807) is 46.9 Å². The molecule has 0 spiro atoms. The number of rotatable bonds is 6. The summed E-state index contributed by atoms with van der Waals surface area (Å²) in [7, 11) is 3.58. The molecule has 0 fully saturated rings. The van der Waals surface area contributed by atoms with Crippen LogP contribution in [-0.4, -0.2) is 42.2 Å². The van der Waals surface area contributed by atoms with Crippen LogP contribution in [-0.2, 0) is 16.1 Å². The molecule has 0 aliphatic carbocycles. The fraction of sp³-hybridized carbons (Fsp3) is 0.167. The molecule has 0 saturated heterocycles. The first kappa shape index (κ1) is 20.9. The summed E-state index contributed by atoms with van der Waals surface area (Å²) in [4.78, 5) is 28.7. The van der Waals surface area contributed by atoms with Gasteiger partial charge in [-0.15, -0.1) is 0 Å². The zero-order chi connectivity index (χ0) is 22.7. The molecule has 2 heterocycles. The number of ketones is 1. The van der Waals surface area contributed by atoms with E-state index in [0.717, 1.165) is 16.9 Å². The second-order valence-electron chi connectivity index (χ2n) is 7.32. The van der Waals surface area contributed by atoms with Crippen molar-refractivity contribution in [3.8, 4) is 6.07 Å². The van der Waals surface area contributed by atoms with Crippen LogP contribution in [0.2, 0.25) is 0 Å². The molecule has 0 atom stereocenters. The lowest BCUT2D eigenvalue weighted by molar-refractivity contribution is -0.118. The molecule has 160 valence electrons. The average Bonchev–Trinajstić information content (AvgIpc) is 3.41. The largest absolute Gasteiger partial charge is 0.454 e. The maximum atomic E-state index is 12.8. The standard InChI is InChI=1S/C24H21N5O3/c1-27-20-6-3-4-7-21(20)28(2)23(27)19(14-25)22(30)16-32-24(31)18-10-8-17(9-11-18)15-29-13-5-12-26-29/h3-13H,15-16H2,1-2H3. The number of Topliss-reactive ketones (excluding diaryl/α,β-unsaturated/α-hetero) is 1. The van der Waals surface area contributed by atoms with Crippen molar-refractivity contribution in [3.63, 3.8) is 0 Å². The number of nitriles is 1. The Hall–Kier alpha value is -4.38. The molecule has 1 aromatic heterocycles. The van der Waals surface area contributed by atoms with Gasteiger partial charge >= 0.3 is 5.97 Å². The summed E-state index contributed by atoms with van der Waals surface area (Å²) < 4.78 is 6.97. The number of anilines is 2. The maximum absolute atomic E-state index is 12.8. The Balaban J connectivity index is 1.43. The van der Waals surface area contributed by atoms with E-state index in [9.17, 15) is 14.9 Å². The van der Waals surface area contributed by atoms with Gasteiger partial charge in [0, 0.05) is 26.5 Å². The minimum atomic E-state index is -0.623. The first-order valence-electron chi connectivity index (χ1n) is 9.97. The van der Waals surface area contributed by atoms with Crippen molar-refractivity contribution in [1.29, 1.82) is 5.26 Å². The summed E-state index contributed by atoms with van der Waals surface area (Å²) in [5, 5.41) is 13.8. The number of aromatic nitrogens is 2.